The fraction of sp³-hybridized carbons (Fsp3) is 0.286. The van der Waals surface area contributed by atoms with Crippen molar-refractivity contribution < 1.29 is 9.53 Å². The van der Waals surface area contributed by atoms with E-state index in [0.29, 0.717) is 17.1 Å². The molecule has 0 amide bonds. The smallest absolute Gasteiger partial charge is 0.333 e. The van der Waals surface area contributed by atoms with Gasteiger partial charge in [0.1, 0.15) is 11.9 Å². The van der Waals surface area contributed by atoms with Gasteiger partial charge in [0.05, 0.1) is 24.6 Å². The Morgan fingerprint density at radius 3 is 2.76 bits per heavy atom. The van der Waals surface area contributed by atoms with Crippen molar-refractivity contribution in [2.75, 3.05) is 12.4 Å². The van der Waals surface area contributed by atoms with Crippen LogP contribution in [-0.2, 0) is 15.1 Å². The Morgan fingerprint density at radius 2 is 2.19 bits per heavy atom. The van der Waals surface area contributed by atoms with E-state index in [9.17, 15) is 4.79 Å². The second kappa shape index (κ2) is 5.63. The SMILES string of the molecule is COC(=O)C(C)(C)n1cc(Nc2ccc(C#N)cn2)cn1. The van der Waals surface area contributed by atoms with Crippen molar-refractivity contribution in [1.29, 1.82) is 5.26 Å². The van der Waals surface area contributed by atoms with Crippen LogP contribution in [0.5, 0.6) is 0 Å². The Balaban J connectivity index is 2.16. The molecule has 7 heteroatoms. The van der Waals surface area contributed by atoms with Gasteiger partial charge in [0.15, 0.2) is 5.54 Å². The molecule has 0 fully saturated rings. The summed E-state index contributed by atoms with van der Waals surface area (Å²) in [7, 11) is 1.34. The second-order valence-corrected chi connectivity index (χ2v) is 4.89. The van der Waals surface area contributed by atoms with Crippen LogP contribution in [0.25, 0.3) is 0 Å². The maximum absolute atomic E-state index is 11.7. The molecule has 21 heavy (non-hydrogen) atoms. The normalized spacial score (nSPS) is 10.8. The molecule has 2 heterocycles. The number of hydrogen-bond donors (Lipinski definition) is 1. The van der Waals surface area contributed by atoms with Crippen LogP contribution in [0, 0.1) is 11.3 Å². The summed E-state index contributed by atoms with van der Waals surface area (Å²) in [5, 5.41) is 15.9. The number of hydrogen-bond acceptors (Lipinski definition) is 6. The van der Waals surface area contributed by atoms with E-state index in [4.69, 9.17) is 10.00 Å². The number of ether oxygens (including phenoxy) is 1. The van der Waals surface area contributed by atoms with Gasteiger partial charge in [-0.1, -0.05) is 0 Å². The van der Waals surface area contributed by atoms with E-state index in [0.717, 1.165) is 0 Å². The van der Waals surface area contributed by atoms with Gasteiger partial charge >= 0.3 is 5.97 Å². The average molecular weight is 285 g/mol. The summed E-state index contributed by atoms with van der Waals surface area (Å²) in [4.78, 5) is 15.8. The van der Waals surface area contributed by atoms with E-state index in [2.05, 4.69) is 15.4 Å². The van der Waals surface area contributed by atoms with Crippen LogP contribution in [-0.4, -0.2) is 27.8 Å². The molecule has 0 aliphatic heterocycles. The zero-order valence-corrected chi connectivity index (χ0v) is 12.0. The maximum Gasteiger partial charge on any atom is 0.333 e. The summed E-state index contributed by atoms with van der Waals surface area (Å²) < 4.78 is 6.28. The fourth-order valence-corrected chi connectivity index (χ4v) is 1.72. The van der Waals surface area contributed by atoms with Crippen molar-refractivity contribution >= 4 is 17.5 Å². The van der Waals surface area contributed by atoms with Gasteiger partial charge in [-0.15, -0.1) is 0 Å². The van der Waals surface area contributed by atoms with Gasteiger partial charge in [0.25, 0.3) is 0 Å². The Kier molecular flexibility index (Phi) is 3.89. The Labute approximate surface area is 122 Å². The van der Waals surface area contributed by atoms with Crippen LogP contribution in [0.15, 0.2) is 30.7 Å². The Bertz CT molecular complexity index is 682. The lowest BCUT2D eigenvalue weighted by molar-refractivity contribution is -0.150. The quantitative estimate of drug-likeness (QED) is 0.861. The highest BCUT2D eigenvalue weighted by Crippen LogP contribution is 2.20. The molecule has 2 rings (SSSR count). The fourth-order valence-electron chi connectivity index (χ4n) is 1.72. The van der Waals surface area contributed by atoms with E-state index in [1.807, 2.05) is 6.07 Å². The first kappa shape index (κ1) is 14.5. The number of anilines is 2. The molecule has 0 bridgehead atoms. The van der Waals surface area contributed by atoms with Crippen LogP contribution >= 0.6 is 0 Å². The van der Waals surface area contributed by atoms with Gasteiger partial charge in [0, 0.05) is 12.4 Å². The molecule has 0 unspecified atom stereocenters. The first-order chi connectivity index (χ1) is 9.97. The topological polar surface area (TPSA) is 92.8 Å². The third-order valence-electron chi connectivity index (χ3n) is 3.01. The zero-order valence-electron chi connectivity index (χ0n) is 12.0. The number of nitriles is 1. The summed E-state index contributed by atoms with van der Waals surface area (Å²) in [6, 6.07) is 5.36. The predicted octanol–water partition coefficient (Wildman–Crippen LogP) is 1.80. The van der Waals surface area contributed by atoms with Crippen LogP contribution in [0.1, 0.15) is 19.4 Å². The van der Waals surface area contributed by atoms with Crippen molar-refractivity contribution in [3.05, 3.63) is 36.3 Å². The standard InChI is InChI=1S/C14H15N5O2/c1-14(2,13(20)21-3)19-9-11(8-17-19)18-12-5-4-10(6-15)7-16-12/h4-5,7-9H,1-3H3,(H,16,18). The molecule has 2 aromatic rings. The third-order valence-corrected chi connectivity index (χ3v) is 3.01. The van der Waals surface area contributed by atoms with E-state index in [-0.39, 0.29) is 5.97 Å². The first-order valence-electron chi connectivity index (χ1n) is 6.24. The first-order valence-corrected chi connectivity index (χ1v) is 6.24. The lowest BCUT2D eigenvalue weighted by Gasteiger charge is -2.21. The summed E-state index contributed by atoms with van der Waals surface area (Å²) in [6.45, 7) is 3.44. The molecular weight excluding hydrogens is 270 g/mol. The number of pyridine rings is 1. The van der Waals surface area contributed by atoms with Gasteiger partial charge in [-0.2, -0.15) is 10.4 Å². The number of carbonyl (C=O) groups is 1. The third kappa shape index (κ3) is 3.00. The lowest BCUT2D eigenvalue weighted by atomic mass is 10.1. The summed E-state index contributed by atoms with van der Waals surface area (Å²) in [5.41, 5.74) is 0.277. The minimum Gasteiger partial charge on any atom is -0.467 e. The van der Waals surface area contributed by atoms with Crippen molar-refractivity contribution in [3.63, 3.8) is 0 Å². The molecule has 0 radical (unpaired) electrons. The molecule has 2 aromatic heterocycles. The number of esters is 1. The highest BCUT2D eigenvalue weighted by molar-refractivity contribution is 5.77. The average Bonchev–Trinajstić information content (AvgIpc) is 2.96. The molecule has 0 saturated heterocycles. The van der Waals surface area contributed by atoms with Crippen LogP contribution in [0.3, 0.4) is 0 Å². The van der Waals surface area contributed by atoms with Crippen molar-refractivity contribution in [2.45, 2.75) is 19.4 Å². The highest BCUT2D eigenvalue weighted by Gasteiger charge is 2.31. The number of aromatic nitrogens is 3. The molecule has 7 nitrogen and oxygen atoms in total. The zero-order chi connectivity index (χ0) is 15.5. The molecule has 0 aromatic carbocycles. The minimum absolute atomic E-state index is 0.381. The summed E-state index contributed by atoms with van der Waals surface area (Å²) in [6.07, 6.45) is 4.76. The van der Waals surface area contributed by atoms with Gasteiger partial charge in [-0.3, -0.25) is 4.68 Å². The number of methoxy groups -OCH3 is 1. The Morgan fingerprint density at radius 1 is 1.43 bits per heavy atom. The number of carbonyl (C=O) groups excluding carboxylic acids is 1. The van der Waals surface area contributed by atoms with Crippen molar-refractivity contribution in [2.24, 2.45) is 0 Å². The molecule has 0 spiro atoms. The molecule has 0 saturated carbocycles. The van der Waals surface area contributed by atoms with Crippen LogP contribution in [0.4, 0.5) is 11.5 Å². The minimum atomic E-state index is -0.896. The summed E-state index contributed by atoms with van der Waals surface area (Å²) >= 11 is 0. The number of nitrogens with one attached hydrogen (secondary N) is 1. The number of rotatable bonds is 4. The molecule has 1 N–H and O–H groups in total. The van der Waals surface area contributed by atoms with Crippen LogP contribution < -0.4 is 5.32 Å². The van der Waals surface area contributed by atoms with E-state index in [1.165, 1.54) is 18.0 Å². The lowest BCUT2D eigenvalue weighted by Crippen LogP contribution is -2.37. The Hall–Kier alpha value is -2.88. The van der Waals surface area contributed by atoms with Gasteiger partial charge < -0.3 is 10.1 Å². The second-order valence-electron chi connectivity index (χ2n) is 4.89. The van der Waals surface area contributed by atoms with E-state index < -0.39 is 5.54 Å². The molecule has 108 valence electrons. The van der Waals surface area contributed by atoms with E-state index in [1.54, 1.807) is 38.4 Å². The molecule has 0 aliphatic carbocycles. The van der Waals surface area contributed by atoms with Gasteiger partial charge in [0.2, 0.25) is 0 Å². The predicted molar refractivity (Wildman–Crippen MR) is 75.8 cm³/mol. The summed E-state index contributed by atoms with van der Waals surface area (Å²) in [5.74, 6) is 0.207. The molecule has 0 atom stereocenters. The van der Waals surface area contributed by atoms with Gasteiger partial charge in [-0.05, 0) is 26.0 Å². The molecule has 0 aliphatic rings. The highest BCUT2D eigenvalue weighted by atomic mass is 16.5. The van der Waals surface area contributed by atoms with Gasteiger partial charge in [-0.25, -0.2) is 9.78 Å². The number of nitrogens with zero attached hydrogens (tertiary/aromatic N) is 4. The van der Waals surface area contributed by atoms with Crippen molar-refractivity contribution in [1.82, 2.24) is 14.8 Å². The maximum atomic E-state index is 11.7. The monoisotopic (exact) mass is 285 g/mol. The van der Waals surface area contributed by atoms with Crippen LogP contribution in [0.2, 0.25) is 0 Å². The largest absolute Gasteiger partial charge is 0.467 e. The molecular formula is C14H15N5O2. The van der Waals surface area contributed by atoms with E-state index >= 15 is 0 Å². The van der Waals surface area contributed by atoms with Crippen molar-refractivity contribution in [3.8, 4) is 6.07 Å².